The predicted molar refractivity (Wildman–Crippen MR) is 54.2 cm³/mol. The van der Waals surface area contributed by atoms with Crippen molar-refractivity contribution in [1.29, 1.82) is 5.26 Å². The van der Waals surface area contributed by atoms with Crippen molar-refractivity contribution in [3.05, 3.63) is 0 Å². The van der Waals surface area contributed by atoms with E-state index in [-0.39, 0.29) is 0 Å². The van der Waals surface area contributed by atoms with E-state index in [9.17, 15) is 0 Å². The van der Waals surface area contributed by atoms with Gasteiger partial charge in [0.05, 0.1) is 6.07 Å². The zero-order valence-corrected chi connectivity index (χ0v) is 8.55. The van der Waals surface area contributed by atoms with Crippen LogP contribution in [0, 0.1) is 23.2 Å². The van der Waals surface area contributed by atoms with Gasteiger partial charge in [-0.15, -0.1) is 0 Å². The number of rotatable bonds is 4. The second kappa shape index (κ2) is 5.99. The van der Waals surface area contributed by atoms with Crippen molar-refractivity contribution in [2.45, 2.75) is 39.0 Å². The highest BCUT2D eigenvalue weighted by Gasteiger charge is 2.17. The maximum atomic E-state index is 8.35. The van der Waals surface area contributed by atoms with E-state index in [1.807, 2.05) is 0 Å². The van der Waals surface area contributed by atoms with Crippen LogP contribution < -0.4 is 5.32 Å². The fourth-order valence-corrected chi connectivity index (χ4v) is 1.98. The zero-order valence-electron chi connectivity index (χ0n) is 8.55. The highest BCUT2D eigenvalue weighted by molar-refractivity contribution is 4.74. The van der Waals surface area contributed by atoms with Crippen LogP contribution in [0.4, 0.5) is 0 Å². The van der Waals surface area contributed by atoms with Crippen molar-refractivity contribution in [3.8, 4) is 6.07 Å². The summed E-state index contributed by atoms with van der Waals surface area (Å²) in [6, 6.07) is 2.15. The second-order valence-corrected chi connectivity index (χ2v) is 4.24. The van der Waals surface area contributed by atoms with Gasteiger partial charge in [-0.2, -0.15) is 5.26 Å². The molecular weight excluding hydrogens is 160 g/mol. The molecule has 0 saturated heterocycles. The predicted octanol–water partition coefficient (Wildman–Crippen LogP) is 2.32. The minimum atomic E-state index is 0.642. The lowest BCUT2D eigenvalue weighted by atomic mass is 9.83. The van der Waals surface area contributed by atoms with E-state index in [4.69, 9.17) is 5.26 Å². The summed E-state index contributed by atoms with van der Waals surface area (Å²) in [4.78, 5) is 0. The average molecular weight is 180 g/mol. The standard InChI is InChI=1S/C11H20N2/c1-10-3-5-11(6-4-10)9-13-8-2-7-12/h10-11,13H,2-6,8-9H2,1H3. The van der Waals surface area contributed by atoms with Gasteiger partial charge in [-0.05, 0) is 31.2 Å². The van der Waals surface area contributed by atoms with Crippen molar-refractivity contribution in [2.75, 3.05) is 13.1 Å². The molecule has 1 aliphatic carbocycles. The Morgan fingerprint density at radius 3 is 2.62 bits per heavy atom. The molecule has 2 nitrogen and oxygen atoms in total. The Morgan fingerprint density at radius 2 is 2.00 bits per heavy atom. The van der Waals surface area contributed by atoms with Crippen LogP contribution in [0.2, 0.25) is 0 Å². The van der Waals surface area contributed by atoms with Gasteiger partial charge in [0, 0.05) is 13.0 Å². The van der Waals surface area contributed by atoms with Crippen LogP contribution in [0.5, 0.6) is 0 Å². The molecule has 74 valence electrons. The monoisotopic (exact) mass is 180 g/mol. The maximum absolute atomic E-state index is 8.35. The number of nitrogens with zero attached hydrogens (tertiary/aromatic N) is 1. The van der Waals surface area contributed by atoms with Crippen molar-refractivity contribution in [2.24, 2.45) is 11.8 Å². The quantitative estimate of drug-likeness (QED) is 0.674. The average Bonchev–Trinajstić information content (AvgIpc) is 2.15. The first kappa shape index (κ1) is 10.5. The molecule has 0 atom stereocenters. The van der Waals surface area contributed by atoms with E-state index in [0.717, 1.165) is 24.9 Å². The summed E-state index contributed by atoms with van der Waals surface area (Å²) in [5.74, 6) is 1.81. The van der Waals surface area contributed by atoms with Crippen LogP contribution in [0.3, 0.4) is 0 Å². The van der Waals surface area contributed by atoms with Crippen LogP contribution in [0.25, 0.3) is 0 Å². The second-order valence-electron chi connectivity index (χ2n) is 4.24. The number of hydrogen-bond acceptors (Lipinski definition) is 2. The third kappa shape index (κ3) is 4.28. The van der Waals surface area contributed by atoms with Crippen LogP contribution >= 0.6 is 0 Å². The Bertz CT molecular complexity index is 163. The third-order valence-electron chi connectivity index (χ3n) is 2.98. The molecule has 1 rings (SSSR count). The minimum Gasteiger partial charge on any atom is -0.315 e. The number of nitriles is 1. The minimum absolute atomic E-state index is 0.642. The van der Waals surface area contributed by atoms with Crippen LogP contribution in [-0.2, 0) is 0 Å². The third-order valence-corrected chi connectivity index (χ3v) is 2.98. The molecule has 1 N–H and O–H groups in total. The lowest BCUT2D eigenvalue weighted by Crippen LogP contribution is -2.26. The summed E-state index contributed by atoms with van der Waals surface area (Å²) in [6.45, 7) is 4.33. The molecule has 0 aliphatic heterocycles. The van der Waals surface area contributed by atoms with Crippen molar-refractivity contribution >= 4 is 0 Å². The van der Waals surface area contributed by atoms with Gasteiger partial charge in [-0.25, -0.2) is 0 Å². The zero-order chi connectivity index (χ0) is 9.52. The topological polar surface area (TPSA) is 35.8 Å². The van der Waals surface area contributed by atoms with Gasteiger partial charge in [0.25, 0.3) is 0 Å². The molecule has 0 aromatic heterocycles. The van der Waals surface area contributed by atoms with Gasteiger partial charge < -0.3 is 5.32 Å². The largest absolute Gasteiger partial charge is 0.315 e. The summed E-state index contributed by atoms with van der Waals surface area (Å²) < 4.78 is 0. The summed E-state index contributed by atoms with van der Waals surface area (Å²) >= 11 is 0. The van der Waals surface area contributed by atoms with Crippen molar-refractivity contribution in [3.63, 3.8) is 0 Å². The van der Waals surface area contributed by atoms with Gasteiger partial charge in [-0.1, -0.05) is 19.8 Å². The first-order chi connectivity index (χ1) is 6.33. The molecule has 2 heteroatoms. The van der Waals surface area contributed by atoms with E-state index in [0.29, 0.717) is 6.42 Å². The van der Waals surface area contributed by atoms with Gasteiger partial charge in [0.15, 0.2) is 0 Å². The fraction of sp³-hybridized carbons (Fsp3) is 0.909. The Morgan fingerprint density at radius 1 is 1.31 bits per heavy atom. The molecule has 1 fully saturated rings. The fourth-order valence-electron chi connectivity index (χ4n) is 1.98. The molecule has 0 amide bonds. The van der Waals surface area contributed by atoms with E-state index >= 15 is 0 Å². The van der Waals surface area contributed by atoms with Gasteiger partial charge in [-0.3, -0.25) is 0 Å². The molecule has 0 unspecified atom stereocenters. The molecular formula is C11H20N2. The first-order valence-electron chi connectivity index (χ1n) is 5.40. The summed E-state index contributed by atoms with van der Waals surface area (Å²) in [6.07, 6.45) is 6.18. The summed E-state index contributed by atoms with van der Waals surface area (Å²) in [5, 5.41) is 11.7. The number of nitrogens with one attached hydrogen (secondary N) is 1. The molecule has 0 aromatic carbocycles. The Hall–Kier alpha value is -0.550. The van der Waals surface area contributed by atoms with E-state index < -0.39 is 0 Å². The Balaban J connectivity index is 2.00. The van der Waals surface area contributed by atoms with Crippen LogP contribution in [0.15, 0.2) is 0 Å². The smallest absolute Gasteiger partial charge is 0.0635 e. The first-order valence-corrected chi connectivity index (χ1v) is 5.40. The van der Waals surface area contributed by atoms with Crippen LogP contribution in [0.1, 0.15) is 39.0 Å². The highest BCUT2D eigenvalue weighted by Crippen LogP contribution is 2.27. The highest BCUT2D eigenvalue weighted by atomic mass is 14.9. The molecule has 1 saturated carbocycles. The Labute approximate surface area is 81.3 Å². The summed E-state index contributed by atoms with van der Waals surface area (Å²) in [5.41, 5.74) is 0. The maximum Gasteiger partial charge on any atom is 0.0635 e. The molecule has 0 radical (unpaired) electrons. The van der Waals surface area contributed by atoms with Gasteiger partial charge in [0.1, 0.15) is 0 Å². The molecule has 0 bridgehead atoms. The number of hydrogen-bond donors (Lipinski definition) is 1. The molecule has 13 heavy (non-hydrogen) atoms. The van der Waals surface area contributed by atoms with E-state index in [1.165, 1.54) is 25.7 Å². The van der Waals surface area contributed by atoms with Crippen molar-refractivity contribution < 1.29 is 0 Å². The van der Waals surface area contributed by atoms with Crippen LogP contribution in [-0.4, -0.2) is 13.1 Å². The summed E-state index contributed by atoms with van der Waals surface area (Å²) in [7, 11) is 0. The molecule has 0 spiro atoms. The molecule has 0 aromatic rings. The Kier molecular flexibility index (Phi) is 4.85. The lowest BCUT2D eigenvalue weighted by Gasteiger charge is -2.26. The van der Waals surface area contributed by atoms with Crippen molar-refractivity contribution in [1.82, 2.24) is 5.32 Å². The van der Waals surface area contributed by atoms with E-state index in [2.05, 4.69) is 18.3 Å². The normalized spacial score (nSPS) is 28.3. The van der Waals surface area contributed by atoms with E-state index in [1.54, 1.807) is 0 Å². The SMILES string of the molecule is CC1CCC(CNCCC#N)CC1. The lowest BCUT2D eigenvalue weighted by molar-refractivity contribution is 0.282. The molecule has 0 heterocycles. The van der Waals surface area contributed by atoms with Gasteiger partial charge >= 0.3 is 0 Å². The molecule has 1 aliphatic rings. The van der Waals surface area contributed by atoms with Gasteiger partial charge in [0.2, 0.25) is 0 Å².